The fourth-order valence-corrected chi connectivity index (χ4v) is 2.94. The maximum absolute atomic E-state index is 14.4. The average Bonchev–Trinajstić information content (AvgIpc) is 2.72. The zero-order chi connectivity index (χ0) is 23.5. The number of benzene rings is 3. The zero-order valence-electron chi connectivity index (χ0n) is 16.7. The van der Waals surface area contributed by atoms with Crippen molar-refractivity contribution in [2.24, 2.45) is 0 Å². The third kappa shape index (κ3) is 5.69. The molecular weight excluding hydrogens is 437 g/mol. The summed E-state index contributed by atoms with van der Waals surface area (Å²) in [6.07, 6.45) is -7.57. The minimum absolute atomic E-state index is 0.0256. The van der Waals surface area contributed by atoms with E-state index in [1.165, 1.54) is 36.4 Å². The Hall–Kier alpha value is -3.29. The lowest BCUT2D eigenvalue weighted by Gasteiger charge is -2.19. The summed E-state index contributed by atoms with van der Waals surface area (Å²) in [7, 11) is 0. The van der Waals surface area contributed by atoms with Crippen molar-refractivity contribution in [3.8, 4) is 16.9 Å². The van der Waals surface area contributed by atoms with E-state index in [0.717, 1.165) is 17.7 Å². The van der Waals surface area contributed by atoms with E-state index in [-0.39, 0.29) is 28.5 Å². The number of hydrogen-bond donors (Lipinski definition) is 0. The standard InChI is InChI=1S/C24H17F7O/c1-2-15-3-7-18(8-4-15)24(30,31)32-19-9-5-16(6-10-19)17-13-21(25)20(22(26)14-17)11-12-23(27,28)29/h3-14H,2H2,1H3/b12-11+. The summed E-state index contributed by atoms with van der Waals surface area (Å²) in [5, 5.41) is 0. The molecule has 8 heteroatoms. The second kappa shape index (κ2) is 9.06. The maximum atomic E-state index is 14.4. The molecule has 0 unspecified atom stereocenters. The van der Waals surface area contributed by atoms with Gasteiger partial charge in [0.1, 0.15) is 17.4 Å². The molecule has 0 aromatic heterocycles. The van der Waals surface area contributed by atoms with Crippen LogP contribution in [-0.2, 0) is 12.5 Å². The Morgan fingerprint density at radius 1 is 0.781 bits per heavy atom. The van der Waals surface area contributed by atoms with Gasteiger partial charge in [-0.1, -0.05) is 31.2 Å². The first kappa shape index (κ1) is 23.4. The van der Waals surface area contributed by atoms with Crippen molar-refractivity contribution in [1.29, 1.82) is 0 Å². The fraction of sp³-hybridized carbons (Fsp3) is 0.167. The second-order valence-electron chi connectivity index (χ2n) is 6.92. The average molecular weight is 454 g/mol. The summed E-state index contributed by atoms with van der Waals surface area (Å²) in [6.45, 7) is 1.90. The highest BCUT2D eigenvalue weighted by atomic mass is 19.4. The van der Waals surface area contributed by atoms with Gasteiger partial charge in [0, 0.05) is 11.6 Å². The van der Waals surface area contributed by atoms with Crippen molar-refractivity contribution in [2.75, 3.05) is 0 Å². The molecule has 0 amide bonds. The van der Waals surface area contributed by atoms with Crippen LogP contribution in [0.5, 0.6) is 5.75 Å². The smallest absolute Gasteiger partial charge is 0.426 e. The molecule has 3 aromatic carbocycles. The molecule has 32 heavy (non-hydrogen) atoms. The van der Waals surface area contributed by atoms with Gasteiger partial charge < -0.3 is 4.74 Å². The van der Waals surface area contributed by atoms with Gasteiger partial charge in [0.15, 0.2) is 0 Å². The van der Waals surface area contributed by atoms with Crippen LogP contribution >= 0.6 is 0 Å². The molecule has 0 aliphatic carbocycles. The molecule has 0 saturated carbocycles. The van der Waals surface area contributed by atoms with Gasteiger partial charge in [-0.05, 0) is 65.6 Å². The summed E-state index contributed by atoms with van der Waals surface area (Å²) in [4.78, 5) is 0. The molecule has 0 spiro atoms. The lowest BCUT2D eigenvalue weighted by Crippen LogP contribution is -2.21. The van der Waals surface area contributed by atoms with E-state index in [1.807, 2.05) is 6.92 Å². The van der Waals surface area contributed by atoms with Crippen molar-refractivity contribution in [3.63, 3.8) is 0 Å². The largest absolute Gasteiger partial charge is 0.429 e. The van der Waals surface area contributed by atoms with Gasteiger partial charge in [0.05, 0.1) is 5.56 Å². The molecule has 168 valence electrons. The summed E-state index contributed by atoms with van der Waals surface area (Å²) in [5.74, 6) is -2.56. The fourth-order valence-electron chi connectivity index (χ4n) is 2.94. The van der Waals surface area contributed by atoms with Crippen LogP contribution in [0.2, 0.25) is 0 Å². The molecule has 0 bridgehead atoms. The highest BCUT2D eigenvalue weighted by Crippen LogP contribution is 2.33. The number of rotatable bonds is 6. The molecular formula is C24H17F7O. The maximum Gasteiger partial charge on any atom is 0.426 e. The summed E-state index contributed by atoms with van der Waals surface area (Å²) in [5.41, 5.74) is 0.0215. The summed E-state index contributed by atoms with van der Waals surface area (Å²) in [6, 6.07) is 12.4. The quantitative estimate of drug-likeness (QED) is 0.344. The predicted octanol–water partition coefficient (Wildman–Crippen LogP) is 7.90. The number of alkyl halides is 5. The highest BCUT2D eigenvalue weighted by Gasteiger charge is 2.34. The third-order valence-corrected chi connectivity index (χ3v) is 4.65. The monoisotopic (exact) mass is 454 g/mol. The molecule has 1 nitrogen and oxygen atoms in total. The van der Waals surface area contributed by atoms with Crippen LogP contribution in [0.25, 0.3) is 17.2 Å². The third-order valence-electron chi connectivity index (χ3n) is 4.65. The minimum atomic E-state index is -4.71. The van der Waals surface area contributed by atoms with E-state index in [4.69, 9.17) is 4.74 Å². The van der Waals surface area contributed by atoms with Crippen molar-refractivity contribution >= 4 is 6.08 Å². The van der Waals surface area contributed by atoms with Crippen LogP contribution in [0.1, 0.15) is 23.6 Å². The van der Waals surface area contributed by atoms with Crippen LogP contribution in [-0.4, -0.2) is 6.18 Å². The highest BCUT2D eigenvalue weighted by molar-refractivity contribution is 5.67. The Morgan fingerprint density at radius 3 is 1.84 bits per heavy atom. The Bertz CT molecular complexity index is 1080. The Kier molecular flexibility index (Phi) is 6.62. The van der Waals surface area contributed by atoms with Crippen LogP contribution in [0, 0.1) is 11.6 Å². The number of ether oxygens (including phenoxy) is 1. The van der Waals surface area contributed by atoms with Gasteiger partial charge in [-0.3, -0.25) is 0 Å². The SMILES string of the molecule is CCc1ccc(C(F)(F)Oc2ccc(-c3cc(F)c(/C=C/C(F)(F)F)c(F)c3)cc2)cc1. The van der Waals surface area contributed by atoms with E-state index in [0.29, 0.717) is 12.5 Å². The van der Waals surface area contributed by atoms with Gasteiger partial charge in [0.25, 0.3) is 0 Å². The van der Waals surface area contributed by atoms with Crippen LogP contribution < -0.4 is 4.74 Å². The van der Waals surface area contributed by atoms with Crippen molar-refractivity contribution in [3.05, 3.63) is 95.1 Å². The zero-order valence-corrected chi connectivity index (χ0v) is 16.7. The van der Waals surface area contributed by atoms with Crippen LogP contribution in [0.3, 0.4) is 0 Å². The first-order chi connectivity index (χ1) is 15.0. The minimum Gasteiger partial charge on any atom is -0.429 e. The van der Waals surface area contributed by atoms with Gasteiger partial charge in [-0.15, -0.1) is 0 Å². The molecule has 0 aliphatic rings. The van der Waals surface area contributed by atoms with Crippen molar-refractivity contribution in [1.82, 2.24) is 0 Å². The first-order valence-corrected chi connectivity index (χ1v) is 9.50. The Morgan fingerprint density at radius 2 is 1.34 bits per heavy atom. The molecule has 3 aromatic rings. The lowest BCUT2D eigenvalue weighted by atomic mass is 10.0. The second-order valence-corrected chi connectivity index (χ2v) is 6.92. The number of hydrogen-bond acceptors (Lipinski definition) is 1. The van der Waals surface area contributed by atoms with Crippen LogP contribution in [0.15, 0.2) is 66.7 Å². The molecule has 0 atom stereocenters. The van der Waals surface area contributed by atoms with Gasteiger partial charge >= 0.3 is 12.3 Å². The number of aryl methyl sites for hydroxylation is 1. The number of halogens is 7. The van der Waals surface area contributed by atoms with E-state index in [2.05, 4.69) is 0 Å². The molecule has 0 N–H and O–H groups in total. The van der Waals surface area contributed by atoms with Gasteiger partial charge in [0.2, 0.25) is 0 Å². The molecule has 0 saturated heterocycles. The van der Waals surface area contributed by atoms with Gasteiger partial charge in [-0.25, -0.2) is 8.78 Å². The Balaban J connectivity index is 1.80. The predicted molar refractivity (Wildman–Crippen MR) is 107 cm³/mol. The van der Waals surface area contributed by atoms with Crippen molar-refractivity contribution < 1.29 is 35.5 Å². The Labute approximate surface area is 179 Å². The number of allylic oxidation sites excluding steroid dienone is 1. The summed E-state index contributed by atoms with van der Waals surface area (Å²) < 4.78 is 98.6. The molecule has 0 heterocycles. The van der Waals surface area contributed by atoms with Crippen LogP contribution in [0.4, 0.5) is 30.7 Å². The van der Waals surface area contributed by atoms with E-state index < -0.39 is 29.5 Å². The van der Waals surface area contributed by atoms with E-state index in [9.17, 15) is 30.7 Å². The molecule has 0 radical (unpaired) electrons. The van der Waals surface area contributed by atoms with Gasteiger partial charge in [-0.2, -0.15) is 22.0 Å². The topological polar surface area (TPSA) is 9.23 Å². The first-order valence-electron chi connectivity index (χ1n) is 9.50. The molecule has 0 fully saturated rings. The van der Waals surface area contributed by atoms with E-state index in [1.54, 1.807) is 12.1 Å². The molecule has 0 aliphatic heterocycles. The normalized spacial score (nSPS) is 12.4. The summed E-state index contributed by atoms with van der Waals surface area (Å²) >= 11 is 0. The molecule has 3 rings (SSSR count). The lowest BCUT2D eigenvalue weighted by molar-refractivity contribution is -0.185. The van der Waals surface area contributed by atoms with Crippen molar-refractivity contribution in [2.45, 2.75) is 25.6 Å². The van der Waals surface area contributed by atoms with E-state index >= 15 is 0 Å².